The summed E-state index contributed by atoms with van der Waals surface area (Å²) in [6.45, 7) is 2.52. The smallest absolute Gasteiger partial charge is 0.227 e. The van der Waals surface area contributed by atoms with Crippen LogP contribution in [0.4, 0.5) is 0 Å². The molecule has 30 heavy (non-hydrogen) atoms. The zero-order valence-electron chi connectivity index (χ0n) is 16.7. The van der Waals surface area contributed by atoms with Gasteiger partial charge >= 0.3 is 0 Å². The van der Waals surface area contributed by atoms with E-state index in [1.807, 2.05) is 4.57 Å². The molecule has 0 unspecified atom stereocenters. The van der Waals surface area contributed by atoms with Crippen LogP contribution in [0.15, 0.2) is 52.2 Å². The quantitative estimate of drug-likeness (QED) is 0.515. The molecule has 2 heterocycles. The molecule has 0 spiro atoms. The maximum absolute atomic E-state index is 12.6. The Kier molecular flexibility index (Phi) is 6.41. The Hall–Kier alpha value is -3.75. The van der Waals surface area contributed by atoms with E-state index in [9.17, 15) is 19.8 Å². The number of phenols is 1. The van der Waals surface area contributed by atoms with E-state index in [1.165, 1.54) is 19.2 Å². The van der Waals surface area contributed by atoms with E-state index in [4.69, 9.17) is 9.15 Å². The third kappa shape index (κ3) is 4.80. The minimum Gasteiger partial charge on any atom is -0.504 e. The maximum atomic E-state index is 12.6. The van der Waals surface area contributed by atoms with Crippen LogP contribution in [-0.2, 0) is 11.3 Å². The number of imidazole rings is 1. The zero-order valence-corrected chi connectivity index (χ0v) is 16.7. The van der Waals surface area contributed by atoms with E-state index >= 15 is 0 Å². The van der Waals surface area contributed by atoms with Crippen LogP contribution in [0.3, 0.4) is 0 Å². The molecule has 0 saturated heterocycles. The number of carbonyl (C=O) groups is 1. The molecule has 1 amide bonds. The predicted molar refractivity (Wildman–Crippen MR) is 108 cm³/mol. The van der Waals surface area contributed by atoms with E-state index in [0.717, 1.165) is 0 Å². The molecule has 0 saturated carbocycles. The number of methoxy groups -OCH3 is 1. The molecular formula is C21H23N3O6. The molecule has 158 valence electrons. The average molecular weight is 413 g/mol. The first-order chi connectivity index (χ1) is 14.4. The summed E-state index contributed by atoms with van der Waals surface area (Å²) in [6, 6.07) is 5.73. The lowest BCUT2D eigenvalue weighted by molar-refractivity contribution is -0.121. The number of benzene rings is 1. The fourth-order valence-corrected chi connectivity index (χ4v) is 3.14. The lowest BCUT2D eigenvalue weighted by Gasteiger charge is -2.19. The summed E-state index contributed by atoms with van der Waals surface area (Å²) in [4.78, 5) is 28.6. The molecule has 0 bridgehead atoms. The number of ether oxygens (including phenoxy) is 1. The number of aromatic hydroxyl groups is 2. The Balaban J connectivity index is 1.88. The van der Waals surface area contributed by atoms with Crippen LogP contribution >= 0.6 is 0 Å². The van der Waals surface area contributed by atoms with Crippen LogP contribution in [0, 0.1) is 6.92 Å². The van der Waals surface area contributed by atoms with Crippen LogP contribution in [0.1, 0.15) is 29.4 Å². The Labute approximate surface area is 172 Å². The van der Waals surface area contributed by atoms with E-state index in [1.54, 1.807) is 37.8 Å². The van der Waals surface area contributed by atoms with Gasteiger partial charge in [0.1, 0.15) is 5.76 Å². The first-order valence-corrected chi connectivity index (χ1v) is 9.32. The van der Waals surface area contributed by atoms with Crippen molar-refractivity contribution in [2.45, 2.75) is 25.8 Å². The second kappa shape index (κ2) is 9.17. The number of nitrogens with one attached hydrogen (secondary N) is 1. The van der Waals surface area contributed by atoms with Gasteiger partial charge in [0.25, 0.3) is 0 Å². The molecule has 3 rings (SSSR count). The van der Waals surface area contributed by atoms with Crippen LogP contribution in [0.5, 0.6) is 17.2 Å². The number of rotatable bonds is 8. The summed E-state index contributed by atoms with van der Waals surface area (Å²) in [6.07, 6.45) is 5.00. The summed E-state index contributed by atoms with van der Waals surface area (Å²) in [7, 11) is 1.40. The summed E-state index contributed by atoms with van der Waals surface area (Å²) in [5.74, 6) is -1.19. The molecule has 2 aromatic heterocycles. The highest BCUT2D eigenvalue weighted by molar-refractivity contribution is 5.77. The monoisotopic (exact) mass is 413 g/mol. The molecule has 1 atom stereocenters. The summed E-state index contributed by atoms with van der Waals surface area (Å²) in [5.41, 5.74) is -0.0523. The van der Waals surface area contributed by atoms with Gasteiger partial charge in [0, 0.05) is 38.0 Å². The molecular weight excluding hydrogens is 390 g/mol. The number of carbonyl (C=O) groups excluding carboxylic acids is 1. The second-order valence-electron chi connectivity index (χ2n) is 6.77. The number of hydrogen-bond acceptors (Lipinski definition) is 7. The van der Waals surface area contributed by atoms with Crippen molar-refractivity contribution in [3.05, 3.63) is 70.3 Å². The lowest BCUT2D eigenvalue weighted by atomic mass is 9.91. The van der Waals surface area contributed by atoms with Crippen molar-refractivity contribution in [1.82, 2.24) is 14.9 Å². The predicted octanol–water partition coefficient (Wildman–Crippen LogP) is 1.90. The van der Waals surface area contributed by atoms with Gasteiger partial charge in [-0.15, -0.1) is 0 Å². The highest BCUT2D eigenvalue weighted by Crippen LogP contribution is 2.37. The van der Waals surface area contributed by atoms with E-state index < -0.39 is 17.1 Å². The number of phenolic OH excluding ortho intramolecular Hbond substituents is 1. The lowest BCUT2D eigenvalue weighted by Crippen LogP contribution is -2.28. The molecule has 9 heteroatoms. The van der Waals surface area contributed by atoms with Crippen molar-refractivity contribution in [1.29, 1.82) is 0 Å². The van der Waals surface area contributed by atoms with E-state index in [-0.39, 0.29) is 29.6 Å². The van der Waals surface area contributed by atoms with Gasteiger partial charge in [-0.1, -0.05) is 6.07 Å². The molecule has 0 aliphatic heterocycles. The van der Waals surface area contributed by atoms with Crippen LogP contribution in [0.2, 0.25) is 0 Å². The van der Waals surface area contributed by atoms with Gasteiger partial charge in [0.15, 0.2) is 17.3 Å². The Bertz CT molecular complexity index is 1070. The van der Waals surface area contributed by atoms with Crippen LogP contribution in [-0.4, -0.2) is 39.3 Å². The molecule has 3 N–H and O–H groups in total. The Morgan fingerprint density at radius 3 is 2.83 bits per heavy atom. The van der Waals surface area contributed by atoms with Gasteiger partial charge in [0.2, 0.25) is 17.1 Å². The molecule has 0 aliphatic rings. The second-order valence-corrected chi connectivity index (χ2v) is 6.77. The normalized spacial score (nSPS) is 11.8. The van der Waals surface area contributed by atoms with Gasteiger partial charge in [-0.05, 0) is 24.6 Å². The third-order valence-electron chi connectivity index (χ3n) is 4.64. The van der Waals surface area contributed by atoms with Crippen LogP contribution < -0.4 is 15.5 Å². The van der Waals surface area contributed by atoms with Crippen molar-refractivity contribution in [2.24, 2.45) is 0 Å². The third-order valence-corrected chi connectivity index (χ3v) is 4.64. The van der Waals surface area contributed by atoms with Gasteiger partial charge in [0.05, 0.1) is 19.4 Å². The minimum absolute atomic E-state index is 0.0162. The topological polar surface area (TPSA) is 127 Å². The molecule has 0 fully saturated rings. The van der Waals surface area contributed by atoms with Gasteiger partial charge in [-0.25, -0.2) is 4.98 Å². The fraction of sp³-hybridized carbons (Fsp3) is 0.286. The van der Waals surface area contributed by atoms with Crippen molar-refractivity contribution >= 4 is 5.91 Å². The number of nitrogens with zero attached hydrogens (tertiary/aromatic N) is 2. The average Bonchev–Trinajstić information content (AvgIpc) is 3.23. The Morgan fingerprint density at radius 2 is 2.13 bits per heavy atom. The highest BCUT2D eigenvalue weighted by atomic mass is 16.5. The molecule has 3 aromatic rings. The number of aromatic nitrogens is 2. The number of amides is 1. The van der Waals surface area contributed by atoms with Crippen molar-refractivity contribution in [2.75, 3.05) is 13.7 Å². The van der Waals surface area contributed by atoms with Gasteiger partial charge < -0.3 is 29.3 Å². The standard InChI is InChI=1S/C21H23N3O6/c1-13-9-17(26)20(28)21(30-13)15(14-3-4-16(25)18(10-14)29-2)11-19(27)23-6-8-24-7-5-22-12-24/h3-5,7,9-10,12,15,25,28H,6,8,11H2,1-2H3,(H,23,27)/t15-/m0/s1. The van der Waals surface area contributed by atoms with Crippen LogP contribution in [0.25, 0.3) is 0 Å². The van der Waals surface area contributed by atoms with E-state index in [2.05, 4.69) is 10.3 Å². The molecule has 0 radical (unpaired) electrons. The Morgan fingerprint density at radius 1 is 1.33 bits per heavy atom. The van der Waals surface area contributed by atoms with Crippen molar-refractivity contribution < 1.29 is 24.2 Å². The molecule has 9 nitrogen and oxygen atoms in total. The molecule has 0 aliphatic carbocycles. The largest absolute Gasteiger partial charge is 0.504 e. The zero-order chi connectivity index (χ0) is 21.7. The number of hydrogen-bond donors (Lipinski definition) is 3. The summed E-state index contributed by atoms with van der Waals surface area (Å²) >= 11 is 0. The van der Waals surface area contributed by atoms with Gasteiger partial charge in [-0.2, -0.15) is 0 Å². The first-order valence-electron chi connectivity index (χ1n) is 9.32. The first kappa shape index (κ1) is 21.0. The molecule has 1 aromatic carbocycles. The highest BCUT2D eigenvalue weighted by Gasteiger charge is 2.26. The van der Waals surface area contributed by atoms with Crippen molar-refractivity contribution in [3.8, 4) is 17.2 Å². The van der Waals surface area contributed by atoms with Gasteiger partial charge in [-0.3, -0.25) is 9.59 Å². The minimum atomic E-state index is -0.764. The summed E-state index contributed by atoms with van der Waals surface area (Å²) < 4.78 is 12.6. The maximum Gasteiger partial charge on any atom is 0.227 e. The van der Waals surface area contributed by atoms with E-state index in [0.29, 0.717) is 24.4 Å². The summed E-state index contributed by atoms with van der Waals surface area (Å²) in [5, 5.41) is 23.0. The van der Waals surface area contributed by atoms with Crippen molar-refractivity contribution in [3.63, 3.8) is 0 Å². The SMILES string of the molecule is COc1cc([C@H](CC(=O)NCCn2ccnc2)c2oc(C)cc(=O)c2O)ccc1O. The number of aryl methyl sites for hydroxylation is 1. The fourth-order valence-electron chi connectivity index (χ4n) is 3.14.